The zero-order valence-corrected chi connectivity index (χ0v) is 91.2. The van der Waals surface area contributed by atoms with Gasteiger partial charge in [-0.2, -0.15) is 0 Å². The number of halogens is 9. The normalized spacial score (nSPS) is 15.7. The maximum Gasteiger partial charge on any atom is 1.00 e. The molecule has 0 radical (unpaired) electrons. The molecule has 5 saturated heterocycles. The number of aliphatic carboxylic acids is 1. The van der Waals surface area contributed by atoms with Crippen molar-refractivity contribution in [2.24, 2.45) is 39.7 Å². The van der Waals surface area contributed by atoms with Crippen molar-refractivity contribution in [1.82, 2.24) is 52.7 Å². The number of nitrogens with zero attached hydrogens (tertiary/aromatic N) is 14. The van der Waals surface area contributed by atoms with Crippen LogP contribution in [0.2, 0.25) is 0 Å². The number of carboxylic acid groups (broad SMARTS) is 1. The van der Waals surface area contributed by atoms with Gasteiger partial charge in [0.05, 0.1) is 52.1 Å². The van der Waals surface area contributed by atoms with E-state index in [0.717, 1.165) is 116 Å². The topological polar surface area (TPSA) is 440 Å². The zero-order valence-electron chi connectivity index (χ0n) is 78.8. The van der Waals surface area contributed by atoms with Crippen LogP contribution in [0.1, 0.15) is 152 Å². The number of rotatable bonds is 16. The molecule has 0 unspecified atom stereocenters. The Morgan fingerprint density at radius 3 is 1.25 bits per heavy atom. The fraction of sp³-hybridized carbons (Fsp3) is 0.404. The molecule has 136 heavy (non-hydrogen) atoms. The smallest absolute Gasteiger partial charge is 1.00 e. The van der Waals surface area contributed by atoms with Crippen molar-refractivity contribution >= 4 is 175 Å². The van der Waals surface area contributed by atoms with Crippen LogP contribution in [-0.4, -0.2) is 173 Å². The molecule has 0 bridgehead atoms. The number of imidazole rings is 2. The minimum atomic E-state index is -1.08. The van der Waals surface area contributed by atoms with E-state index < -0.39 is 46.0 Å². The van der Waals surface area contributed by atoms with Crippen molar-refractivity contribution in [2.45, 2.75) is 163 Å². The number of fused-ring (bicyclic) bond motifs is 2. The molecule has 728 valence electrons. The standard InChI is InChI=1S/C23H24FN7O3S.C14H16FN3S.C13H15BrFNO.C13H16FNO.C9H10N4O4.C8H6F2O.C5H11N.C2H6O.CH4N2S.CH2O3.Br2.2K.H/c1-13-5-4-8-31(13)17-7-6-14(9-15(17)24)16-11-35-22(26-16)27-18(32)10-30-12-25-20-19(30)21(33)29(3)23(34)28(20)2;1-9-3-2-6-18(9)13-5-4-10(7-11(13)15)12-8-19-14(16)17-12;1-9-3-2-6-16(9)12-5-4-10(7-11(12)15)13(17)8-14;1-9-4-3-7-15(9)13-6-5-11(10(2)16)8-12(13)14;1-11-7-6(8(16)12(2)9(11)17)13(4-10-7)3-5(14)15;1-5(11)6-2-3-7(9)8(10)4-6;1-5-3-2-4-6-5;1-2-3;2-1(3)4;2-1-4-3;1-2;;;/h6-7,9,11-13H,4-5,8,10H2,1-3H3,(H,26,27,32);4-5,7-9H,2-3,6H2,1H3,(H2,16,17);4-5,7,9H,2-3,6,8H2,1H3;5-6,8-9H,3-4,7H2,1-2H3;4H,3H2,1-2H3,(H,14,15);2-4H,1H3;5-6H,2-4H2,1H3;3H,2H2,1H3;(H4,2,3,4);1,3H;;;;/q;;;;;;;;;;;2*+1;-1/p-1/t13-;3*9-;;;5-;;;;;;;/m0000..0......./s1. The number of anilines is 6. The monoisotopic (exact) mass is 2190 g/mol. The Morgan fingerprint density at radius 1 is 0.574 bits per heavy atom. The van der Waals surface area contributed by atoms with Gasteiger partial charge >= 0.3 is 120 Å². The molecule has 0 saturated carbocycles. The number of hydrogen-bond donors (Lipinski definition) is 7. The molecule has 5 atom stereocenters. The number of Topliss-reactive ketones (excluding diaryl/α,β-unsaturated/α-hetero) is 3. The van der Waals surface area contributed by atoms with E-state index in [1.165, 1.54) is 139 Å². The van der Waals surface area contributed by atoms with Crippen molar-refractivity contribution in [3.05, 3.63) is 208 Å². The second-order valence-corrected chi connectivity index (χ2v) is 33.9. The quantitative estimate of drug-likeness (QED) is 0.00739. The molecule has 0 spiro atoms. The predicted molar refractivity (Wildman–Crippen MR) is 524 cm³/mol. The van der Waals surface area contributed by atoms with Crippen LogP contribution in [0.5, 0.6) is 0 Å². The summed E-state index contributed by atoms with van der Waals surface area (Å²) in [5.74, 6) is -4.95. The van der Waals surface area contributed by atoms with Crippen LogP contribution in [0.15, 0.2) is 134 Å². The average molecular weight is 2200 g/mol. The number of benzene rings is 5. The van der Waals surface area contributed by atoms with Crippen LogP contribution >= 0.6 is 79.1 Å². The predicted octanol–water partition coefficient (Wildman–Crippen LogP) is 7.13. The van der Waals surface area contributed by atoms with Gasteiger partial charge in [-0.05, 0) is 217 Å². The summed E-state index contributed by atoms with van der Waals surface area (Å²) < 4.78 is 88.6. The summed E-state index contributed by atoms with van der Waals surface area (Å²) in [4.78, 5) is 141. The molecule has 0 aliphatic carbocycles. The Morgan fingerprint density at radius 2 is 0.934 bits per heavy atom. The number of aliphatic hydroxyl groups excluding tert-OH is 1. The van der Waals surface area contributed by atoms with Gasteiger partial charge in [0.15, 0.2) is 66.7 Å². The third-order valence-corrected chi connectivity index (χ3v) is 23.6. The molecule has 5 aromatic carbocycles. The molecule has 5 aliphatic rings. The number of thiazole rings is 2. The van der Waals surface area contributed by atoms with E-state index in [4.69, 9.17) is 26.0 Å². The van der Waals surface area contributed by atoms with Gasteiger partial charge < -0.3 is 78.4 Å². The van der Waals surface area contributed by atoms with Gasteiger partial charge in [-0.25, -0.2) is 55.9 Å². The van der Waals surface area contributed by atoms with Gasteiger partial charge in [-0.15, -0.1) is 22.7 Å². The van der Waals surface area contributed by atoms with E-state index in [0.29, 0.717) is 79.6 Å². The van der Waals surface area contributed by atoms with E-state index >= 15 is 0 Å². The van der Waals surface area contributed by atoms with Gasteiger partial charge in [-0.1, -0.05) is 28.1 Å². The summed E-state index contributed by atoms with van der Waals surface area (Å²) in [5, 5.41) is 35.4. The van der Waals surface area contributed by atoms with Crippen molar-refractivity contribution < 1.29 is 180 Å². The average Bonchev–Trinajstić information content (AvgIpc) is 1.51. The summed E-state index contributed by atoms with van der Waals surface area (Å²) >= 11 is 15.3. The number of aryl methyl sites for hydroxylation is 2. The summed E-state index contributed by atoms with van der Waals surface area (Å²) in [6.45, 7) is 19.4. The molecular formula is C89H110Br3F6K2N19O14S3. The molecular weight excluding hydrogens is 2090 g/mol. The number of alkyl halides is 1. The first-order chi connectivity index (χ1) is 63.6. The molecule has 1 amide bonds. The summed E-state index contributed by atoms with van der Waals surface area (Å²) in [6, 6.07) is 25.3. The number of nitrogens with one attached hydrogen (secondary N) is 2. The van der Waals surface area contributed by atoms with Crippen LogP contribution in [-0.2, 0) is 60.6 Å². The number of ketones is 3. The first-order valence-electron chi connectivity index (χ1n) is 42.1. The molecule has 11 aromatic rings. The number of thiocarbonyl (C=S) groups is 1. The summed E-state index contributed by atoms with van der Waals surface area (Å²) in [7, 11) is 5.70. The van der Waals surface area contributed by atoms with Crippen molar-refractivity contribution in [3.8, 4) is 22.5 Å². The van der Waals surface area contributed by atoms with Gasteiger partial charge in [0.1, 0.15) is 36.4 Å². The second kappa shape index (κ2) is 59.5. The van der Waals surface area contributed by atoms with E-state index in [2.05, 4.69) is 158 Å². The number of amides is 1. The van der Waals surface area contributed by atoms with Crippen molar-refractivity contribution in [1.29, 1.82) is 0 Å². The minimum absolute atomic E-state index is 0. The number of carboxylic acids is 1. The first kappa shape index (κ1) is 120. The van der Waals surface area contributed by atoms with Crippen LogP contribution in [0.4, 0.5) is 59.4 Å². The molecule has 33 nitrogen and oxygen atoms in total. The molecule has 10 N–H and O–H groups in total. The third kappa shape index (κ3) is 34.4. The van der Waals surface area contributed by atoms with Crippen LogP contribution in [0.25, 0.3) is 44.8 Å². The van der Waals surface area contributed by atoms with Crippen molar-refractivity contribution in [3.63, 3.8) is 0 Å². The molecule has 5 aliphatic heterocycles. The van der Waals surface area contributed by atoms with Gasteiger partial charge in [0, 0.05) is 158 Å². The molecule has 6 aromatic heterocycles. The van der Waals surface area contributed by atoms with Crippen LogP contribution in [0.3, 0.4) is 0 Å². The van der Waals surface area contributed by atoms with E-state index in [9.17, 15) is 69.5 Å². The minimum Gasteiger partial charge on any atom is -1.00 e. The van der Waals surface area contributed by atoms with Gasteiger partial charge in [0.25, 0.3) is 17.6 Å². The Hall–Kier alpha value is -8.06. The number of aromatic nitrogens is 10. The number of nitrogens with two attached hydrogens (primary N) is 3. The van der Waals surface area contributed by atoms with Gasteiger partial charge in [-0.3, -0.25) is 56.6 Å². The van der Waals surface area contributed by atoms with E-state index in [1.54, 1.807) is 48.7 Å². The molecule has 5 fully saturated rings. The summed E-state index contributed by atoms with van der Waals surface area (Å²) in [5.41, 5.74) is 19.7. The Kier molecular flexibility index (Phi) is 52.6. The van der Waals surface area contributed by atoms with Gasteiger partial charge in [0.2, 0.25) is 5.91 Å². The number of nitrogen functional groups attached to an aromatic ring is 1. The SMILES string of the molecule is BrBr.CC(=O)c1ccc(F)c(F)c1.CC(=O)c1ccc(N2CCC[C@@H]2C)c(F)c1.CCO.C[C@H]1CCCN1.C[C@H]1CCCN1c1ccc(-c2csc(N)n2)cc1F.C[C@H]1CCCN1c1ccc(-c2csc(NC(=O)Cn3cnc4c3c(=O)n(C)c(=O)n4C)n2)cc1F.C[C@H]1CCCN1c1ccc(C(=O)CBr)cc1F.Cn1c(=O)c2c(ncn2CC(=O)O)n(C)c1=O.NC(N)=S.O=CO[O-].[H-].[K+].[K+]. The maximum absolute atomic E-state index is 14.8. The first-order valence-corrected chi connectivity index (χ1v) is 49.1. The Balaban J connectivity index is 0.000000417. The third-order valence-electron chi connectivity index (χ3n) is 21.7. The zero-order chi connectivity index (χ0) is 99.7. The largest absolute Gasteiger partial charge is 1.00 e. The molecule has 16 rings (SSSR count). The summed E-state index contributed by atoms with van der Waals surface area (Å²) in [6.07, 6.45) is 14.1. The van der Waals surface area contributed by atoms with Crippen LogP contribution in [0, 0.1) is 34.9 Å². The second-order valence-electron chi connectivity index (χ2n) is 31.2. The Labute approximate surface area is 905 Å². The maximum atomic E-state index is 14.8. The van der Waals surface area contributed by atoms with E-state index in [1.807, 2.05) is 23.6 Å². The van der Waals surface area contributed by atoms with Crippen molar-refractivity contribution in [2.75, 3.05) is 75.3 Å². The van der Waals surface area contributed by atoms with E-state index in [-0.39, 0.29) is 209 Å². The fourth-order valence-electron chi connectivity index (χ4n) is 14.9. The molecule has 11 heterocycles. The number of aliphatic hydroxyl groups is 1. The fourth-order valence-corrected chi connectivity index (χ4v) is 16.5. The Bertz CT molecular complexity index is 6130. The number of carbonyl (C=O) groups excluding carboxylic acids is 5. The number of hydrogen-bond acceptors (Lipinski definition) is 26. The number of carbonyl (C=O) groups is 6. The van der Waals surface area contributed by atoms with Crippen LogP contribution < -0.4 is 178 Å². The molecule has 47 heteroatoms.